The molecule has 0 bridgehead atoms. The quantitative estimate of drug-likeness (QED) is 0.0876. The minimum atomic E-state index is -3.85. The number of ether oxygens (including phenoxy) is 2. The van der Waals surface area contributed by atoms with Crippen LogP contribution < -0.4 is 15.6 Å². The standard InChI is InChI=1S/C35H33Cl4N3O6S/c36-25-10-7-23(30(38)21-25)15-17-40-42-34(44)35(16-20-49(45,46)28-5-2-1-3-6-28)32(29-14-11-26(37)22-31(29)39)48-33(41-35)24-8-12-27(13-9-24)47-19-4-18-43/h1-3,5-14,21-22,32,40,43H,4,15-20H2,(H,42,44)/t32-,35-/m0/s1. The van der Waals surface area contributed by atoms with E-state index in [1.165, 1.54) is 18.2 Å². The van der Waals surface area contributed by atoms with Gasteiger partial charge in [0.1, 0.15) is 5.75 Å². The van der Waals surface area contributed by atoms with Gasteiger partial charge in [-0.15, -0.1) is 0 Å². The van der Waals surface area contributed by atoms with Crippen LogP contribution in [-0.4, -0.2) is 56.4 Å². The monoisotopic (exact) mass is 763 g/mol. The molecule has 0 fully saturated rings. The smallest absolute Gasteiger partial charge is 0.266 e. The summed E-state index contributed by atoms with van der Waals surface area (Å²) in [5.41, 5.74) is 5.61. The second kappa shape index (κ2) is 16.6. The number of aliphatic imine (C=N–C) groups is 1. The van der Waals surface area contributed by atoms with E-state index in [4.69, 9.17) is 66.0 Å². The van der Waals surface area contributed by atoms with E-state index >= 15 is 0 Å². The normalized spacial score (nSPS) is 17.3. The van der Waals surface area contributed by atoms with E-state index in [-0.39, 0.29) is 35.4 Å². The number of carbonyl (C=O) groups is 1. The minimum Gasteiger partial charge on any atom is -0.494 e. The van der Waals surface area contributed by atoms with Crippen molar-refractivity contribution in [1.82, 2.24) is 10.9 Å². The lowest BCUT2D eigenvalue weighted by atomic mass is 9.85. The molecule has 1 heterocycles. The van der Waals surface area contributed by atoms with Gasteiger partial charge < -0.3 is 14.6 Å². The summed E-state index contributed by atoms with van der Waals surface area (Å²) in [6, 6.07) is 24.8. The maximum Gasteiger partial charge on any atom is 0.266 e. The average Bonchev–Trinajstić information content (AvgIpc) is 3.48. The molecule has 4 aromatic rings. The number of sulfone groups is 1. The van der Waals surface area contributed by atoms with E-state index < -0.39 is 33.1 Å². The fraction of sp³-hybridized carbons (Fsp3) is 0.257. The van der Waals surface area contributed by atoms with Crippen LogP contribution in [0, 0.1) is 0 Å². The first-order valence-corrected chi connectivity index (χ1v) is 18.5. The van der Waals surface area contributed by atoms with Gasteiger partial charge in [0.15, 0.2) is 21.5 Å². The molecule has 0 radical (unpaired) electrons. The van der Waals surface area contributed by atoms with Crippen LogP contribution in [0.25, 0.3) is 0 Å². The first kappa shape index (κ1) is 36.9. The topological polar surface area (TPSA) is 126 Å². The highest BCUT2D eigenvalue weighted by Gasteiger charge is 2.54. The zero-order valence-corrected chi connectivity index (χ0v) is 29.9. The summed E-state index contributed by atoms with van der Waals surface area (Å²) in [4.78, 5) is 19.3. The maximum absolute atomic E-state index is 14.4. The van der Waals surface area contributed by atoms with Crippen molar-refractivity contribution >= 4 is 68.0 Å². The maximum atomic E-state index is 14.4. The Morgan fingerprint density at radius 2 is 1.61 bits per heavy atom. The van der Waals surface area contributed by atoms with Gasteiger partial charge in [0.2, 0.25) is 5.90 Å². The highest BCUT2D eigenvalue weighted by Crippen LogP contribution is 2.45. The lowest BCUT2D eigenvalue weighted by Crippen LogP contribution is -2.53. The molecule has 0 spiro atoms. The number of hydrogen-bond donors (Lipinski definition) is 3. The number of benzene rings is 4. The van der Waals surface area contributed by atoms with Crippen molar-refractivity contribution in [3.05, 3.63) is 128 Å². The van der Waals surface area contributed by atoms with E-state index in [0.717, 1.165) is 5.56 Å². The zero-order chi connectivity index (χ0) is 35.0. The molecule has 0 aromatic heterocycles. The molecule has 1 amide bonds. The van der Waals surface area contributed by atoms with Crippen molar-refractivity contribution in [1.29, 1.82) is 0 Å². The molecule has 49 heavy (non-hydrogen) atoms. The molecule has 14 heteroatoms. The Morgan fingerprint density at radius 1 is 0.918 bits per heavy atom. The molecular weight excluding hydrogens is 732 g/mol. The molecule has 1 aliphatic heterocycles. The molecule has 9 nitrogen and oxygen atoms in total. The Hall–Kier alpha value is -3.35. The van der Waals surface area contributed by atoms with Gasteiger partial charge >= 0.3 is 0 Å². The van der Waals surface area contributed by atoms with Gasteiger partial charge in [0.05, 0.1) is 17.3 Å². The summed E-state index contributed by atoms with van der Waals surface area (Å²) in [7, 11) is -3.85. The first-order chi connectivity index (χ1) is 23.5. The molecular formula is C35H33Cl4N3O6S. The van der Waals surface area contributed by atoms with Crippen LogP contribution in [0.1, 0.15) is 35.6 Å². The number of aliphatic hydroxyl groups is 1. The molecule has 0 saturated carbocycles. The third-order valence-corrected chi connectivity index (χ3v) is 10.7. The number of hydrazine groups is 1. The number of amides is 1. The van der Waals surface area contributed by atoms with Gasteiger partial charge in [-0.1, -0.05) is 76.7 Å². The summed E-state index contributed by atoms with van der Waals surface area (Å²) in [5, 5.41) is 10.6. The van der Waals surface area contributed by atoms with Gasteiger partial charge in [-0.05, 0) is 72.6 Å². The van der Waals surface area contributed by atoms with Crippen molar-refractivity contribution in [3.63, 3.8) is 0 Å². The van der Waals surface area contributed by atoms with E-state index in [2.05, 4.69) is 10.9 Å². The van der Waals surface area contributed by atoms with Crippen LogP contribution in [0.5, 0.6) is 5.75 Å². The molecule has 3 N–H and O–H groups in total. The van der Waals surface area contributed by atoms with E-state index in [0.29, 0.717) is 51.4 Å². The summed E-state index contributed by atoms with van der Waals surface area (Å²) >= 11 is 25.3. The Kier molecular flexibility index (Phi) is 12.5. The van der Waals surface area contributed by atoms with Gasteiger partial charge in [0.25, 0.3) is 5.91 Å². The number of aliphatic hydroxyl groups excluding tert-OH is 1. The van der Waals surface area contributed by atoms with Crippen molar-refractivity contribution in [2.45, 2.75) is 35.8 Å². The van der Waals surface area contributed by atoms with E-state index in [1.54, 1.807) is 72.8 Å². The highest BCUT2D eigenvalue weighted by atomic mass is 35.5. The van der Waals surface area contributed by atoms with Crippen LogP contribution in [0.3, 0.4) is 0 Å². The molecule has 1 aliphatic rings. The fourth-order valence-corrected chi connectivity index (χ4v) is 7.67. The number of rotatable bonds is 15. The van der Waals surface area contributed by atoms with Gasteiger partial charge in [-0.3, -0.25) is 10.2 Å². The summed E-state index contributed by atoms with van der Waals surface area (Å²) in [6.07, 6.45) is -0.455. The van der Waals surface area contributed by atoms with Crippen LogP contribution in [0.4, 0.5) is 0 Å². The van der Waals surface area contributed by atoms with Gasteiger partial charge in [-0.2, -0.15) is 0 Å². The predicted octanol–water partition coefficient (Wildman–Crippen LogP) is 7.05. The Bertz CT molecular complexity index is 1910. The van der Waals surface area contributed by atoms with Crippen molar-refractivity contribution in [2.24, 2.45) is 4.99 Å². The Balaban J connectivity index is 1.50. The lowest BCUT2D eigenvalue weighted by Gasteiger charge is -2.31. The van der Waals surface area contributed by atoms with E-state index in [1.807, 2.05) is 0 Å². The third-order valence-electron chi connectivity index (χ3n) is 7.87. The Labute approximate surface area is 305 Å². The fourth-order valence-electron chi connectivity index (χ4n) is 5.27. The second-order valence-electron chi connectivity index (χ2n) is 11.2. The lowest BCUT2D eigenvalue weighted by molar-refractivity contribution is -0.130. The van der Waals surface area contributed by atoms with Crippen LogP contribution >= 0.6 is 46.4 Å². The zero-order valence-electron chi connectivity index (χ0n) is 26.0. The second-order valence-corrected chi connectivity index (χ2v) is 15.0. The van der Waals surface area contributed by atoms with Gasteiger partial charge in [0, 0.05) is 57.2 Å². The summed E-state index contributed by atoms with van der Waals surface area (Å²) < 4.78 is 39.2. The number of nitrogens with one attached hydrogen (secondary N) is 2. The van der Waals surface area contributed by atoms with Crippen LogP contribution in [0.15, 0.2) is 101 Å². The van der Waals surface area contributed by atoms with Crippen LogP contribution in [-0.2, 0) is 25.8 Å². The molecule has 2 atom stereocenters. The average molecular weight is 766 g/mol. The number of nitrogens with zero attached hydrogens (tertiary/aromatic N) is 1. The Morgan fingerprint density at radius 3 is 2.29 bits per heavy atom. The molecule has 0 unspecified atom stereocenters. The number of hydrogen-bond acceptors (Lipinski definition) is 8. The summed E-state index contributed by atoms with van der Waals surface area (Å²) in [5.74, 6) is -0.383. The van der Waals surface area contributed by atoms with Crippen molar-refractivity contribution < 1.29 is 27.8 Å². The number of carbonyl (C=O) groups excluding carboxylic acids is 1. The molecule has 4 aromatic carbocycles. The molecule has 5 rings (SSSR count). The number of halogens is 4. The van der Waals surface area contributed by atoms with Gasteiger partial charge in [-0.25, -0.2) is 18.8 Å². The van der Waals surface area contributed by atoms with Crippen molar-refractivity contribution in [3.8, 4) is 5.75 Å². The van der Waals surface area contributed by atoms with Crippen molar-refractivity contribution in [2.75, 3.05) is 25.5 Å². The van der Waals surface area contributed by atoms with E-state index in [9.17, 15) is 13.2 Å². The first-order valence-electron chi connectivity index (χ1n) is 15.3. The largest absolute Gasteiger partial charge is 0.494 e. The SMILES string of the molecule is O=C(NNCCc1ccc(Cl)cc1Cl)[C@@]1(CCS(=O)(=O)c2ccccc2)N=C(c2ccc(OCCCO)cc2)O[C@H]1c1ccc(Cl)cc1Cl. The molecule has 0 saturated heterocycles. The minimum absolute atomic E-state index is 0.00520. The third kappa shape index (κ3) is 9.07. The molecule has 0 aliphatic carbocycles. The highest BCUT2D eigenvalue weighted by molar-refractivity contribution is 7.91. The van der Waals surface area contributed by atoms with Crippen LogP contribution in [0.2, 0.25) is 20.1 Å². The predicted molar refractivity (Wildman–Crippen MR) is 193 cm³/mol. The molecule has 258 valence electrons. The summed E-state index contributed by atoms with van der Waals surface area (Å²) in [6.45, 7) is 0.624.